The van der Waals surface area contributed by atoms with Gasteiger partial charge in [-0.25, -0.2) is 4.39 Å². The van der Waals surface area contributed by atoms with Gasteiger partial charge in [0.1, 0.15) is 5.82 Å². The molecule has 2 N–H and O–H groups in total. The van der Waals surface area contributed by atoms with Gasteiger partial charge in [-0.2, -0.15) is 0 Å². The number of aliphatic hydroxyl groups is 1. The first-order valence-electron chi connectivity index (χ1n) is 11.6. The molecule has 3 heterocycles. The molecule has 4 rings (SSSR count). The second-order valence-corrected chi connectivity index (χ2v) is 8.85. The number of rotatable bonds is 7. The highest BCUT2D eigenvalue weighted by atomic mass is 19.1. The lowest BCUT2D eigenvalue weighted by Gasteiger charge is -2.44. The van der Waals surface area contributed by atoms with Gasteiger partial charge < -0.3 is 19.9 Å². The zero-order valence-corrected chi connectivity index (χ0v) is 18.7. The van der Waals surface area contributed by atoms with Crippen LogP contribution in [0.3, 0.4) is 0 Å². The molecule has 0 spiro atoms. The van der Waals surface area contributed by atoms with Gasteiger partial charge >= 0.3 is 0 Å². The molecule has 2 aromatic rings. The molecule has 0 aliphatic carbocycles. The fourth-order valence-corrected chi connectivity index (χ4v) is 4.67. The van der Waals surface area contributed by atoms with E-state index >= 15 is 0 Å². The van der Waals surface area contributed by atoms with Crippen molar-refractivity contribution in [1.82, 2.24) is 15.2 Å². The van der Waals surface area contributed by atoms with E-state index in [9.17, 15) is 14.3 Å². The molecule has 0 unspecified atom stereocenters. The minimum absolute atomic E-state index is 0.0219. The zero-order chi connectivity index (χ0) is 23.0. The summed E-state index contributed by atoms with van der Waals surface area (Å²) in [5.74, 6) is -0.291. The van der Waals surface area contributed by atoms with E-state index in [1.165, 1.54) is 12.1 Å². The van der Waals surface area contributed by atoms with Crippen LogP contribution in [-0.4, -0.2) is 71.6 Å². The van der Waals surface area contributed by atoms with Crippen LogP contribution in [0.5, 0.6) is 0 Å². The lowest BCUT2D eigenvalue weighted by Crippen LogP contribution is -2.55. The Morgan fingerprint density at radius 1 is 1.18 bits per heavy atom. The molecule has 178 valence electrons. The number of carbonyl (C=O) groups excluding carboxylic acids is 1. The highest BCUT2D eigenvalue weighted by Gasteiger charge is 2.38. The molecular weight excluding hydrogens is 425 g/mol. The van der Waals surface area contributed by atoms with E-state index in [1.807, 2.05) is 18.2 Å². The van der Waals surface area contributed by atoms with Crippen molar-refractivity contribution < 1.29 is 23.8 Å². The maximum Gasteiger partial charge on any atom is 0.222 e. The first kappa shape index (κ1) is 23.8. The number of aromatic nitrogens is 1. The minimum Gasteiger partial charge on any atom is -0.389 e. The average molecular weight is 458 g/mol. The molecule has 2 saturated heterocycles. The summed E-state index contributed by atoms with van der Waals surface area (Å²) in [5, 5.41) is 13.3. The quantitative estimate of drug-likeness (QED) is 0.663. The van der Waals surface area contributed by atoms with E-state index in [1.54, 1.807) is 18.5 Å². The highest BCUT2D eigenvalue weighted by Crippen LogP contribution is 2.28. The molecule has 7 nitrogen and oxygen atoms in total. The molecule has 2 aliphatic rings. The number of β-amino-alcohol motifs (C(OH)–C–C–N with tert-alkyl or cyclic N) is 1. The summed E-state index contributed by atoms with van der Waals surface area (Å²) in [7, 11) is 0. The second-order valence-electron chi connectivity index (χ2n) is 8.85. The number of carbonyl (C=O) groups is 1. The summed E-state index contributed by atoms with van der Waals surface area (Å²) in [6.07, 6.45) is 5.16. The van der Waals surface area contributed by atoms with Crippen molar-refractivity contribution in [3.8, 4) is 0 Å². The van der Waals surface area contributed by atoms with Crippen molar-refractivity contribution in [3.63, 3.8) is 0 Å². The highest BCUT2D eigenvalue weighted by molar-refractivity contribution is 5.76. The predicted octanol–water partition coefficient (Wildman–Crippen LogP) is 2.08. The van der Waals surface area contributed by atoms with E-state index in [-0.39, 0.29) is 36.6 Å². The van der Waals surface area contributed by atoms with Gasteiger partial charge in [0.25, 0.3) is 0 Å². The normalized spacial score (nSPS) is 26.1. The number of pyridine rings is 1. The molecule has 1 aromatic heterocycles. The molecule has 8 heteroatoms. The van der Waals surface area contributed by atoms with E-state index < -0.39 is 6.10 Å². The molecule has 2 aliphatic heterocycles. The van der Waals surface area contributed by atoms with Crippen LogP contribution in [0.25, 0.3) is 0 Å². The number of hydrogen-bond donors (Lipinski definition) is 2. The summed E-state index contributed by atoms with van der Waals surface area (Å²) in [6.45, 7) is 2.12. The lowest BCUT2D eigenvalue weighted by atomic mass is 9.94. The fraction of sp³-hybridized carbons (Fsp3) is 0.520. The Kier molecular flexibility index (Phi) is 8.39. The van der Waals surface area contributed by atoms with Gasteiger partial charge in [-0.3, -0.25) is 14.7 Å². The number of amides is 1. The first-order chi connectivity index (χ1) is 16.1. The molecule has 4 atom stereocenters. The summed E-state index contributed by atoms with van der Waals surface area (Å²) in [4.78, 5) is 18.6. The predicted molar refractivity (Wildman–Crippen MR) is 121 cm³/mol. The third-order valence-corrected chi connectivity index (χ3v) is 6.26. The van der Waals surface area contributed by atoms with Crippen LogP contribution < -0.4 is 5.32 Å². The number of nitrogens with one attached hydrogen (secondary N) is 1. The van der Waals surface area contributed by atoms with E-state index in [0.717, 1.165) is 30.4 Å². The zero-order valence-electron chi connectivity index (χ0n) is 18.7. The Balaban J connectivity index is 1.31. The lowest BCUT2D eigenvalue weighted by molar-refractivity contribution is -0.158. The number of fused-ring (bicyclic) bond motifs is 1. The number of aliphatic hydroxyl groups excluding tert-OH is 1. The molecule has 0 radical (unpaired) electrons. The Hall–Kier alpha value is -2.39. The van der Waals surface area contributed by atoms with Crippen LogP contribution in [0, 0.1) is 5.82 Å². The van der Waals surface area contributed by atoms with E-state index in [4.69, 9.17) is 9.47 Å². The number of benzene rings is 1. The third-order valence-electron chi connectivity index (χ3n) is 6.26. The second kappa shape index (κ2) is 11.7. The summed E-state index contributed by atoms with van der Waals surface area (Å²) < 4.78 is 25.7. The Morgan fingerprint density at radius 2 is 2.03 bits per heavy atom. The monoisotopic (exact) mass is 457 g/mol. The Morgan fingerprint density at radius 3 is 2.85 bits per heavy atom. The third kappa shape index (κ3) is 7.04. The molecule has 1 aromatic carbocycles. The van der Waals surface area contributed by atoms with Crippen LogP contribution in [0.15, 0.2) is 48.8 Å². The number of halogens is 1. The van der Waals surface area contributed by atoms with Crippen LogP contribution in [-0.2, 0) is 27.2 Å². The molecule has 33 heavy (non-hydrogen) atoms. The summed E-state index contributed by atoms with van der Waals surface area (Å²) in [6, 6.07) is 10.5. The smallest absolute Gasteiger partial charge is 0.222 e. The maximum absolute atomic E-state index is 13.7. The topological polar surface area (TPSA) is 83.9 Å². The van der Waals surface area contributed by atoms with Crippen molar-refractivity contribution in [1.29, 1.82) is 0 Å². The van der Waals surface area contributed by atoms with Gasteiger partial charge in [-0.15, -0.1) is 0 Å². The van der Waals surface area contributed by atoms with Gasteiger partial charge in [0.2, 0.25) is 5.91 Å². The summed E-state index contributed by atoms with van der Waals surface area (Å²) in [5.41, 5.74) is 1.99. The van der Waals surface area contributed by atoms with E-state index in [2.05, 4.69) is 15.2 Å². The number of nitrogens with zero attached hydrogens (tertiary/aromatic N) is 2. The van der Waals surface area contributed by atoms with E-state index in [0.29, 0.717) is 32.7 Å². The Bertz CT molecular complexity index is 900. The SMILES string of the molecule is O=C(C[C@H]1CC[C@H]2[C@@H](COC[C@H](O)CN2Cc2cccc(F)c2)O1)NCCc1ccncc1. The fourth-order valence-electron chi connectivity index (χ4n) is 4.67. The number of ether oxygens (including phenoxy) is 2. The van der Waals surface area contributed by atoms with Gasteiger partial charge in [-0.1, -0.05) is 12.1 Å². The van der Waals surface area contributed by atoms with Crippen molar-refractivity contribution in [2.45, 2.75) is 56.6 Å². The summed E-state index contributed by atoms with van der Waals surface area (Å²) >= 11 is 0. The molecule has 1 amide bonds. The van der Waals surface area contributed by atoms with Crippen molar-refractivity contribution >= 4 is 5.91 Å². The van der Waals surface area contributed by atoms with Gasteiger partial charge in [0.15, 0.2) is 0 Å². The van der Waals surface area contributed by atoms with Crippen LogP contribution in [0.2, 0.25) is 0 Å². The molecule has 2 fully saturated rings. The van der Waals surface area contributed by atoms with Gasteiger partial charge in [-0.05, 0) is 54.7 Å². The maximum atomic E-state index is 13.7. The van der Waals surface area contributed by atoms with Crippen LogP contribution in [0.1, 0.15) is 30.4 Å². The van der Waals surface area contributed by atoms with Crippen LogP contribution in [0.4, 0.5) is 4.39 Å². The molecular formula is C25H32FN3O4. The van der Waals surface area contributed by atoms with Gasteiger partial charge in [0, 0.05) is 38.1 Å². The molecule has 0 saturated carbocycles. The van der Waals surface area contributed by atoms with Gasteiger partial charge in [0.05, 0.1) is 37.9 Å². The Labute approximate surface area is 193 Å². The minimum atomic E-state index is -0.608. The number of hydrogen-bond acceptors (Lipinski definition) is 6. The van der Waals surface area contributed by atoms with Crippen molar-refractivity contribution in [3.05, 3.63) is 65.7 Å². The molecule has 0 bridgehead atoms. The first-order valence-corrected chi connectivity index (χ1v) is 11.6. The van der Waals surface area contributed by atoms with Crippen molar-refractivity contribution in [2.75, 3.05) is 26.3 Å². The standard InChI is InChI=1S/C25H32FN3O4/c26-20-3-1-2-19(12-20)14-29-15-21(30)16-32-17-24-23(29)5-4-22(33-24)13-25(31)28-11-8-18-6-9-27-10-7-18/h1-3,6-7,9-10,12,21-24,30H,4-5,8,11,13-17H2,(H,28,31)/t21-,22-,23+,24-/m1/s1. The van der Waals surface area contributed by atoms with Crippen molar-refractivity contribution in [2.24, 2.45) is 0 Å². The van der Waals surface area contributed by atoms with Crippen LogP contribution >= 0.6 is 0 Å². The average Bonchev–Trinajstić information content (AvgIpc) is 2.79. The largest absolute Gasteiger partial charge is 0.389 e.